The average molecular weight is 350 g/mol. The highest BCUT2D eigenvalue weighted by atomic mass is 79.9. The van der Waals surface area contributed by atoms with Gasteiger partial charge in [-0.3, -0.25) is 4.79 Å². The third-order valence-corrected chi connectivity index (χ3v) is 3.76. The van der Waals surface area contributed by atoms with E-state index in [4.69, 9.17) is 9.47 Å². The zero-order valence-electron chi connectivity index (χ0n) is 11.9. The fourth-order valence-electron chi connectivity index (χ4n) is 1.92. The summed E-state index contributed by atoms with van der Waals surface area (Å²) in [4.78, 5) is 12.2. The normalized spacial score (nSPS) is 10.0. The Kier molecular flexibility index (Phi) is 5.22. The SMILES string of the molecule is COc1ccc(OC)c(NC(=O)Cc2ccccc2Br)c1. The maximum atomic E-state index is 12.2. The van der Waals surface area contributed by atoms with Crippen molar-refractivity contribution >= 4 is 27.5 Å². The van der Waals surface area contributed by atoms with Crippen LogP contribution >= 0.6 is 15.9 Å². The quantitative estimate of drug-likeness (QED) is 0.896. The van der Waals surface area contributed by atoms with Crippen LogP contribution in [0.3, 0.4) is 0 Å². The molecule has 0 heterocycles. The largest absolute Gasteiger partial charge is 0.497 e. The van der Waals surface area contributed by atoms with Gasteiger partial charge in [0.25, 0.3) is 0 Å². The molecular formula is C16H16BrNO3. The van der Waals surface area contributed by atoms with E-state index in [1.54, 1.807) is 32.4 Å². The summed E-state index contributed by atoms with van der Waals surface area (Å²) in [6.45, 7) is 0. The van der Waals surface area contributed by atoms with Crippen molar-refractivity contribution in [1.29, 1.82) is 0 Å². The highest BCUT2D eigenvalue weighted by Gasteiger charge is 2.11. The van der Waals surface area contributed by atoms with Crippen LogP contribution in [0.4, 0.5) is 5.69 Å². The lowest BCUT2D eigenvalue weighted by atomic mass is 10.1. The first-order valence-corrected chi connectivity index (χ1v) is 7.18. The molecule has 1 amide bonds. The van der Waals surface area contributed by atoms with Crippen LogP contribution in [-0.4, -0.2) is 20.1 Å². The van der Waals surface area contributed by atoms with Gasteiger partial charge in [-0.05, 0) is 23.8 Å². The average Bonchev–Trinajstić information content (AvgIpc) is 2.49. The van der Waals surface area contributed by atoms with Crippen LogP contribution in [0.2, 0.25) is 0 Å². The van der Waals surface area contributed by atoms with Crippen molar-refractivity contribution in [3.8, 4) is 11.5 Å². The zero-order chi connectivity index (χ0) is 15.2. The Morgan fingerprint density at radius 3 is 2.57 bits per heavy atom. The molecule has 0 saturated carbocycles. The predicted molar refractivity (Wildman–Crippen MR) is 86.0 cm³/mol. The van der Waals surface area contributed by atoms with Gasteiger partial charge in [-0.25, -0.2) is 0 Å². The molecule has 0 bridgehead atoms. The van der Waals surface area contributed by atoms with Gasteiger partial charge in [0.2, 0.25) is 5.91 Å². The lowest BCUT2D eigenvalue weighted by Gasteiger charge is -2.12. The smallest absolute Gasteiger partial charge is 0.228 e. The van der Waals surface area contributed by atoms with E-state index in [1.807, 2.05) is 24.3 Å². The second kappa shape index (κ2) is 7.13. The molecule has 0 saturated heterocycles. The monoisotopic (exact) mass is 349 g/mol. The van der Waals surface area contributed by atoms with Gasteiger partial charge in [0.1, 0.15) is 11.5 Å². The number of amides is 1. The highest BCUT2D eigenvalue weighted by molar-refractivity contribution is 9.10. The summed E-state index contributed by atoms with van der Waals surface area (Å²) in [5.74, 6) is 1.14. The third-order valence-electron chi connectivity index (χ3n) is 2.99. The Morgan fingerprint density at radius 1 is 1.14 bits per heavy atom. The summed E-state index contributed by atoms with van der Waals surface area (Å²) >= 11 is 3.44. The minimum atomic E-state index is -0.117. The maximum absolute atomic E-state index is 12.2. The topological polar surface area (TPSA) is 47.6 Å². The molecule has 0 aliphatic heterocycles. The molecule has 2 rings (SSSR count). The number of hydrogen-bond acceptors (Lipinski definition) is 3. The summed E-state index contributed by atoms with van der Waals surface area (Å²) in [6.07, 6.45) is 0.280. The first-order chi connectivity index (χ1) is 10.1. The fraction of sp³-hybridized carbons (Fsp3) is 0.188. The van der Waals surface area contributed by atoms with Crippen LogP contribution in [0.25, 0.3) is 0 Å². The van der Waals surface area contributed by atoms with E-state index in [1.165, 1.54) is 0 Å². The van der Waals surface area contributed by atoms with Crippen molar-refractivity contribution in [2.24, 2.45) is 0 Å². The number of halogens is 1. The minimum Gasteiger partial charge on any atom is -0.497 e. The molecule has 0 spiro atoms. The summed E-state index contributed by atoms with van der Waals surface area (Å²) in [5, 5.41) is 2.85. The van der Waals surface area contributed by atoms with Crippen molar-refractivity contribution in [2.45, 2.75) is 6.42 Å². The van der Waals surface area contributed by atoms with Gasteiger partial charge in [0.05, 0.1) is 26.3 Å². The van der Waals surface area contributed by atoms with Crippen molar-refractivity contribution in [3.63, 3.8) is 0 Å². The van der Waals surface area contributed by atoms with Crippen molar-refractivity contribution in [1.82, 2.24) is 0 Å². The molecule has 0 unspecified atom stereocenters. The highest BCUT2D eigenvalue weighted by Crippen LogP contribution is 2.29. The molecule has 0 radical (unpaired) electrons. The van der Waals surface area contributed by atoms with E-state index < -0.39 is 0 Å². The number of carbonyl (C=O) groups is 1. The number of carbonyl (C=O) groups excluding carboxylic acids is 1. The number of anilines is 1. The maximum Gasteiger partial charge on any atom is 0.228 e. The standard InChI is InChI=1S/C16H16BrNO3/c1-20-12-7-8-15(21-2)14(10-12)18-16(19)9-11-5-3-4-6-13(11)17/h3-8,10H,9H2,1-2H3,(H,18,19). The summed E-state index contributed by atoms with van der Waals surface area (Å²) in [7, 11) is 3.14. The van der Waals surface area contributed by atoms with Gasteiger partial charge in [-0.15, -0.1) is 0 Å². The summed E-state index contributed by atoms with van der Waals surface area (Å²) in [6, 6.07) is 12.9. The van der Waals surface area contributed by atoms with E-state index in [0.29, 0.717) is 17.2 Å². The molecule has 21 heavy (non-hydrogen) atoms. The number of nitrogens with one attached hydrogen (secondary N) is 1. The van der Waals surface area contributed by atoms with Crippen LogP contribution in [-0.2, 0) is 11.2 Å². The molecular weight excluding hydrogens is 334 g/mol. The summed E-state index contributed by atoms with van der Waals surface area (Å²) < 4.78 is 11.3. The third kappa shape index (κ3) is 3.98. The Hall–Kier alpha value is -2.01. The van der Waals surface area contributed by atoms with Gasteiger partial charge in [-0.1, -0.05) is 34.1 Å². The van der Waals surface area contributed by atoms with E-state index in [2.05, 4.69) is 21.2 Å². The molecule has 0 aromatic heterocycles. The summed E-state index contributed by atoms with van der Waals surface area (Å²) in [5.41, 5.74) is 1.52. The number of benzene rings is 2. The fourth-order valence-corrected chi connectivity index (χ4v) is 2.35. The molecule has 0 atom stereocenters. The van der Waals surface area contributed by atoms with E-state index >= 15 is 0 Å². The number of ether oxygens (including phenoxy) is 2. The molecule has 0 aliphatic carbocycles. The molecule has 5 heteroatoms. The van der Waals surface area contributed by atoms with E-state index in [9.17, 15) is 4.79 Å². The van der Waals surface area contributed by atoms with Gasteiger partial charge >= 0.3 is 0 Å². The molecule has 1 N–H and O–H groups in total. The first-order valence-electron chi connectivity index (χ1n) is 6.39. The molecule has 2 aromatic rings. The Balaban J connectivity index is 2.14. The lowest BCUT2D eigenvalue weighted by molar-refractivity contribution is -0.115. The lowest BCUT2D eigenvalue weighted by Crippen LogP contribution is -2.15. The van der Waals surface area contributed by atoms with Gasteiger partial charge in [0.15, 0.2) is 0 Å². The second-order valence-electron chi connectivity index (χ2n) is 4.38. The van der Waals surface area contributed by atoms with Crippen molar-refractivity contribution in [3.05, 3.63) is 52.5 Å². The minimum absolute atomic E-state index is 0.117. The van der Waals surface area contributed by atoms with Gasteiger partial charge in [0, 0.05) is 10.5 Å². The molecule has 0 fully saturated rings. The molecule has 4 nitrogen and oxygen atoms in total. The number of hydrogen-bond donors (Lipinski definition) is 1. The van der Waals surface area contributed by atoms with Crippen molar-refractivity contribution in [2.75, 3.05) is 19.5 Å². The molecule has 110 valence electrons. The number of rotatable bonds is 5. The Bertz CT molecular complexity index is 643. The Labute approximate surface area is 132 Å². The van der Waals surface area contributed by atoms with Crippen LogP contribution in [0.15, 0.2) is 46.9 Å². The predicted octanol–water partition coefficient (Wildman–Crippen LogP) is 3.65. The van der Waals surface area contributed by atoms with Gasteiger partial charge < -0.3 is 14.8 Å². The molecule has 2 aromatic carbocycles. The van der Waals surface area contributed by atoms with Crippen LogP contribution < -0.4 is 14.8 Å². The van der Waals surface area contributed by atoms with Crippen molar-refractivity contribution < 1.29 is 14.3 Å². The number of methoxy groups -OCH3 is 2. The van der Waals surface area contributed by atoms with Gasteiger partial charge in [-0.2, -0.15) is 0 Å². The van der Waals surface area contributed by atoms with Crippen LogP contribution in [0, 0.1) is 0 Å². The second-order valence-corrected chi connectivity index (χ2v) is 5.24. The first kappa shape index (κ1) is 15.4. The van der Waals surface area contributed by atoms with E-state index in [-0.39, 0.29) is 12.3 Å². The van der Waals surface area contributed by atoms with Crippen LogP contribution in [0.5, 0.6) is 11.5 Å². The zero-order valence-corrected chi connectivity index (χ0v) is 13.4. The Morgan fingerprint density at radius 2 is 1.90 bits per heavy atom. The van der Waals surface area contributed by atoms with Crippen LogP contribution in [0.1, 0.15) is 5.56 Å². The molecule has 0 aliphatic rings. The van der Waals surface area contributed by atoms with E-state index in [0.717, 1.165) is 10.0 Å².